The van der Waals surface area contributed by atoms with Crippen molar-refractivity contribution in [2.75, 3.05) is 0 Å². The Balaban J connectivity index is 2.11. The largest absolute Gasteiger partial charge is 0.392 e. The van der Waals surface area contributed by atoms with Crippen molar-refractivity contribution in [3.8, 4) is 0 Å². The van der Waals surface area contributed by atoms with Crippen LogP contribution in [0.3, 0.4) is 0 Å². The quantitative estimate of drug-likeness (QED) is 0.807. The molecule has 23 heavy (non-hydrogen) atoms. The lowest BCUT2D eigenvalue weighted by atomic mass is 9.42. The van der Waals surface area contributed by atoms with Gasteiger partial charge in [-0.25, -0.2) is 0 Å². The summed E-state index contributed by atoms with van der Waals surface area (Å²) in [5.74, 6) is 0.620. The highest BCUT2D eigenvalue weighted by Crippen LogP contribution is 2.62. The molecule has 0 spiro atoms. The van der Waals surface area contributed by atoms with Gasteiger partial charge in [0.05, 0.1) is 6.10 Å². The average Bonchev–Trinajstić information content (AvgIpc) is 2.48. The van der Waals surface area contributed by atoms with Crippen LogP contribution < -0.4 is 0 Å². The number of allylic oxidation sites excluding steroid dienone is 3. The molecule has 0 bridgehead atoms. The number of ketones is 2. The summed E-state index contributed by atoms with van der Waals surface area (Å²) in [4.78, 5) is 25.4. The van der Waals surface area contributed by atoms with E-state index in [-0.39, 0.29) is 41.7 Å². The van der Waals surface area contributed by atoms with Crippen LogP contribution in [0.2, 0.25) is 0 Å². The Hall–Kier alpha value is -1.22. The van der Waals surface area contributed by atoms with Crippen molar-refractivity contribution >= 4 is 11.6 Å². The van der Waals surface area contributed by atoms with Gasteiger partial charge in [0.25, 0.3) is 0 Å². The maximum Gasteiger partial charge on any atom is 0.159 e. The van der Waals surface area contributed by atoms with Crippen LogP contribution in [0, 0.1) is 34.5 Å². The van der Waals surface area contributed by atoms with Gasteiger partial charge in [0.1, 0.15) is 5.78 Å². The molecule has 3 nitrogen and oxygen atoms in total. The van der Waals surface area contributed by atoms with Crippen molar-refractivity contribution < 1.29 is 14.7 Å². The lowest BCUT2D eigenvalue weighted by molar-refractivity contribution is -0.184. The summed E-state index contributed by atoms with van der Waals surface area (Å²) in [7, 11) is 0. The summed E-state index contributed by atoms with van der Waals surface area (Å²) in [6, 6.07) is 0. The van der Waals surface area contributed by atoms with Gasteiger partial charge in [0.2, 0.25) is 0 Å². The standard InChI is InChI=1S/C20H28O3/c1-6-12-9-14(21)18-13(11(12)2)7-8-15-19(3,4)16(22)10-17(23)20(15,18)5/h6,9,11,13,15,17-18,23H,1,7-8,10H2,2-5H3/t11-,13-,15-,17+,18+,20+/m1/s1. The second-order valence-electron chi connectivity index (χ2n) is 8.54. The van der Waals surface area contributed by atoms with Crippen molar-refractivity contribution in [2.24, 2.45) is 34.5 Å². The number of aliphatic hydroxyl groups is 1. The molecule has 2 fully saturated rings. The lowest BCUT2D eigenvalue weighted by Gasteiger charge is -2.61. The van der Waals surface area contributed by atoms with Crippen molar-refractivity contribution in [1.82, 2.24) is 0 Å². The minimum Gasteiger partial charge on any atom is -0.392 e. The molecule has 3 aliphatic rings. The molecule has 1 N–H and O–H groups in total. The Labute approximate surface area is 138 Å². The smallest absolute Gasteiger partial charge is 0.159 e. The number of aliphatic hydroxyl groups excluding tert-OH is 1. The summed E-state index contributed by atoms with van der Waals surface area (Å²) in [6.45, 7) is 12.0. The molecule has 0 aromatic carbocycles. The lowest BCUT2D eigenvalue weighted by Crippen LogP contribution is -2.63. The van der Waals surface area contributed by atoms with E-state index in [0.29, 0.717) is 0 Å². The monoisotopic (exact) mass is 316 g/mol. The second kappa shape index (κ2) is 5.14. The van der Waals surface area contributed by atoms with Crippen molar-refractivity contribution in [1.29, 1.82) is 0 Å². The molecule has 0 amide bonds. The SMILES string of the molecule is C=CC1=CC(=O)[C@@H]2[C@H](CC[C@@H]3C(C)(C)C(=O)C[C@H](O)[C@@]23C)[C@@H]1C. The molecule has 0 aliphatic heterocycles. The zero-order valence-electron chi connectivity index (χ0n) is 14.6. The van der Waals surface area contributed by atoms with Crippen LogP contribution in [0.15, 0.2) is 24.3 Å². The number of fused-ring (bicyclic) bond motifs is 3. The highest BCUT2D eigenvalue weighted by molar-refractivity contribution is 5.96. The van der Waals surface area contributed by atoms with Gasteiger partial charge in [-0.3, -0.25) is 9.59 Å². The minimum atomic E-state index is -0.726. The predicted octanol–water partition coefficient (Wildman–Crippen LogP) is 3.33. The fourth-order valence-electron chi connectivity index (χ4n) is 5.88. The second-order valence-corrected chi connectivity index (χ2v) is 8.54. The third-order valence-electron chi connectivity index (χ3n) is 7.34. The molecule has 0 heterocycles. The van der Waals surface area contributed by atoms with E-state index >= 15 is 0 Å². The van der Waals surface area contributed by atoms with E-state index in [1.807, 2.05) is 20.8 Å². The van der Waals surface area contributed by atoms with Crippen LogP contribution in [0.25, 0.3) is 0 Å². The van der Waals surface area contributed by atoms with E-state index in [0.717, 1.165) is 18.4 Å². The molecule has 3 heteroatoms. The molecule has 3 aliphatic carbocycles. The minimum absolute atomic E-state index is 0.0577. The van der Waals surface area contributed by atoms with Gasteiger partial charge in [-0.15, -0.1) is 0 Å². The number of Topliss-reactive ketones (excluding diaryl/α,β-unsaturated/α-hetero) is 1. The zero-order valence-corrected chi connectivity index (χ0v) is 14.6. The highest BCUT2D eigenvalue weighted by atomic mass is 16.3. The maximum absolute atomic E-state index is 12.9. The van der Waals surface area contributed by atoms with Gasteiger partial charge >= 0.3 is 0 Å². The Kier molecular flexibility index (Phi) is 3.72. The zero-order chi connectivity index (χ0) is 17.2. The third kappa shape index (κ3) is 2.05. The molecule has 0 aromatic rings. The molecular weight excluding hydrogens is 288 g/mol. The van der Waals surface area contributed by atoms with E-state index < -0.39 is 16.9 Å². The van der Waals surface area contributed by atoms with Gasteiger partial charge in [0, 0.05) is 23.2 Å². The Morgan fingerprint density at radius 1 is 1.26 bits per heavy atom. The Morgan fingerprint density at radius 3 is 2.52 bits per heavy atom. The summed E-state index contributed by atoms with van der Waals surface area (Å²) in [5, 5.41) is 10.8. The third-order valence-corrected chi connectivity index (χ3v) is 7.34. The van der Waals surface area contributed by atoms with Crippen LogP contribution in [0.5, 0.6) is 0 Å². The molecule has 0 unspecified atom stereocenters. The van der Waals surface area contributed by atoms with E-state index in [4.69, 9.17) is 0 Å². The number of rotatable bonds is 1. The summed E-state index contributed by atoms with van der Waals surface area (Å²) < 4.78 is 0. The summed E-state index contributed by atoms with van der Waals surface area (Å²) in [5.41, 5.74) is 0.0266. The number of hydrogen-bond donors (Lipinski definition) is 1. The first-order valence-electron chi connectivity index (χ1n) is 8.75. The Morgan fingerprint density at radius 2 is 1.91 bits per heavy atom. The molecule has 0 aromatic heterocycles. The number of carbonyl (C=O) groups is 2. The first-order chi connectivity index (χ1) is 10.7. The van der Waals surface area contributed by atoms with Gasteiger partial charge in [-0.05, 0) is 42.2 Å². The van der Waals surface area contributed by atoms with Crippen LogP contribution in [-0.2, 0) is 9.59 Å². The molecule has 6 atom stereocenters. The molecule has 126 valence electrons. The first kappa shape index (κ1) is 16.6. The average molecular weight is 316 g/mol. The molecule has 0 radical (unpaired) electrons. The fraction of sp³-hybridized carbons (Fsp3) is 0.700. The predicted molar refractivity (Wildman–Crippen MR) is 89.7 cm³/mol. The first-order valence-corrected chi connectivity index (χ1v) is 8.75. The van der Waals surface area contributed by atoms with Gasteiger partial charge in [-0.2, -0.15) is 0 Å². The Bertz CT molecular complexity index is 600. The normalized spacial score (nSPS) is 45.8. The molecule has 0 saturated heterocycles. The van der Waals surface area contributed by atoms with Gasteiger partial charge in [0.15, 0.2) is 5.78 Å². The van der Waals surface area contributed by atoms with Gasteiger partial charge < -0.3 is 5.11 Å². The van der Waals surface area contributed by atoms with E-state index in [1.165, 1.54) is 0 Å². The van der Waals surface area contributed by atoms with E-state index in [2.05, 4.69) is 13.5 Å². The molecular formula is C20H28O3. The highest BCUT2D eigenvalue weighted by Gasteiger charge is 2.64. The van der Waals surface area contributed by atoms with Crippen LogP contribution in [0.4, 0.5) is 0 Å². The van der Waals surface area contributed by atoms with Crippen molar-refractivity contribution in [3.63, 3.8) is 0 Å². The van der Waals surface area contributed by atoms with Crippen molar-refractivity contribution in [3.05, 3.63) is 24.3 Å². The molecule has 3 rings (SSSR count). The van der Waals surface area contributed by atoms with Crippen molar-refractivity contribution in [2.45, 2.75) is 53.1 Å². The van der Waals surface area contributed by atoms with Crippen LogP contribution in [-0.4, -0.2) is 22.8 Å². The maximum atomic E-state index is 12.9. The van der Waals surface area contributed by atoms with Crippen LogP contribution in [0.1, 0.15) is 47.0 Å². The summed E-state index contributed by atoms with van der Waals surface area (Å²) >= 11 is 0. The van der Waals surface area contributed by atoms with Crippen LogP contribution >= 0.6 is 0 Å². The number of hydrogen-bond acceptors (Lipinski definition) is 3. The topological polar surface area (TPSA) is 54.4 Å². The van der Waals surface area contributed by atoms with E-state index in [1.54, 1.807) is 12.2 Å². The van der Waals surface area contributed by atoms with Gasteiger partial charge in [-0.1, -0.05) is 40.3 Å². The molecule has 2 saturated carbocycles. The van der Waals surface area contributed by atoms with E-state index in [9.17, 15) is 14.7 Å². The fourth-order valence-corrected chi connectivity index (χ4v) is 5.88. The summed E-state index contributed by atoms with van der Waals surface area (Å²) in [6.07, 6.45) is 4.79. The number of carbonyl (C=O) groups excluding carboxylic acids is 2.